The van der Waals surface area contributed by atoms with Crippen LogP contribution in [0.1, 0.15) is 38.7 Å². The van der Waals surface area contributed by atoms with E-state index in [-0.39, 0.29) is 11.5 Å². The van der Waals surface area contributed by atoms with Crippen LogP contribution in [0.3, 0.4) is 0 Å². The molecule has 2 aliphatic rings. The minimum Gasteiger partial charge on any atom is -0.392 e. The van der Waals surface area contributed by atoms with E-state index in [1.165, 1.54) is 31.5 Å². The summed E-state index contributed by atoms with van der Waals surface area (Å²) >= 11 is 0. The quantitative estimate of drug-likeness (QED) is 0.893. The van der Waals surface area contributed by atoms with Gasteiger partial charge in [0, 0.05) is 24.0 Å². The summed E-state index contributed by atoms with van der Waals surface area (Å²) in [4.78, 5) is 2.55. The molecule has 1 saturated heterocycles. The summed E-state index contributed by atoms with van der Waals surface area (Å²) in [5.74, 6) is 0. The van der Waals surface area contributed by atoms with Crippen molar-refractivity contribution in [3.8, 4) is 0 Å². The van der Waals surface area contributed by atoms with Crippen LogP contribution in [-0.4, -0.2) is 41.3 Å². The van der Waals surface area contributed by atoms with E-state index in [2.05, 4.69) is 54.4 Å². The van der Waals surface area contributed by atoms with Gasteiger partial charge in [0.15, 0.2) is 0 Å². The molecule has 1 aliphatic carbocycles. The van der Waals surface area contributed by atoms with E-state index in [4.69, 9.17) is 0 Å². The Hall–Kier alpha value is -0.900. The molecule has 1 aliphatic heterocycles. The Labute approximate surface area is 128 Å². The van der Waals surface area contributed by atoms with Gasteiger partial charge in [-0.3, -0.25) is 4.90 Å². The third-order valence-electron chi connectivity index (χ3n) is 5.49. The number of hydrogen-bond donors (Lipinski definition) is 2. The maximum Gasteiger partial charge on any atom is 0.0621 e. The Morgan fingerprint density at radius 1 is 1.19 bits per heavy atom. The first-order valence-corrected chi connectivity index (χ1v) is 8.26. The van der Waals surface area contributed by atoms with Gasteiger partial charge >= 0.3 is 0 Å². The number of rotatable bonds is 4. The number of benzene rings is 1. The van der Waals surface area contributed by atoms with Crippen molar-refractivity contribution in [3.05, 3.63) is 35.9 Å². The van der Waals surface area contributed by atoms with Gasteiger partial charge in [0.2, 0.25) is 0 Å². The molecule has 2 unspecified atom stereocenters. The van der Waals surface area contributed by atoms with E-state index in [0.717, 1.165) is 13.0 Å². The maximum atomic E-state index is 9.83. The van der Waals surface area contributed by atoms with Crippen molar-refractivity contribution < 1.29 is 5.11 Å². The number of nitrogens with zero attached hydrogens (tertiary/aromatic N) is 1. The fraction of sp³-hybridized carbons (Fsp3) is 0.667. The fourth-order valence-corrected chi connectivity index (χ4v) is 3.57. The standard InChI is InChI=1S/C18H28N2O/c1-18(2)16(12-17(18)21)19-15-8-10-20(11-9-15)13-14-6-4-3-5-7-14/h3-7,15-17,19,21H,8-13H2,1-2H3. The van der Waals surface area contributed by atoms with Gasteiger partial charge in [0.25, 0.3) is 0 Å². The molecule has 0 radical (unpaired) electrons. The van der Waals surface area contributed by atoms with Crippen LogP contribution < -0.4 is 5.32 Å². The third-order valence-corrected chi connectivity index (χ3v) is 5.49. The van der Waals surface area contributed by atoms with Gasteiger partial charge in [-0.1, -0.05) is 44.2 Å². The van der Waals surface area contributed by atoms with Gasteiger partial charge in [-0.25, -0.2) is 0 Å². The summed E-state index contributed by atoms with van der Waals surface area (Å²) in [7, 11) is 0. The molecule has 2 fully saturated rings. The molecule has 2 atom stereocenters. The summed E-state index contributed by atoms with van der Waals surface area (Å²) in [6.45, 7) is 7.75. The van der Waals surface area contributed by atoms with Crippen molar-refractivity contribution in [2.24, 2.45) is 5.41 Å². The zero-order chi connectivity index (χ0) is 14.9. The zero-order valence-corrected chi connectivity index (χ0v) is 13.3. The monoisotopic (exact) mass is 288 g/mol. The van der Waals surface area contributed by atoms with E-state index in [0.29, 0.717) is 12.1 Å². The molecule has 0 aromatic heterocycles. The number of aliphatic hydroxyl groups excluding tert-OH is 1. The van der Waals surface area contributed by atoms with Crippen molar-refractivity contribution in [1.29, 1.82) is 0 Å². The molecule has 0 amide bonds. The molecule has 1 aromatic rings. The fourth-order valence-electron chi connectivity index (χ4n) is 3.57. The average molecular weight is 288 g/mol. The predicted molar refractivity (Wildman–Crippen MR) is 86.1 cm³/mol. The Kier molecular flexibility index (Phi) is 4.34. The highest BCUT2D eigenvalue weighted by molar-refractivity contribution is 5.14. The topological polar surface area (TPSA) is 35.5 Å². The smallest absolute Gasteiger partial charge is 0.0621 e. The molecule has 0 bridgehead atoms. The van der Waals surface area contributed by atoms with Gasteiger partial charge in [-0.15, -0.1) is 0 Å². The zero-order valence-electron chi connectivity index (χ0n) is 13.3. The van der Waals surface area contributed by atoms with Crippen LogP contribution in [0.15, 0.2) is 30.3 Å². The van der Waals surface area contributed by atoms with Crippen molar-refractivity contribution in [2.75, 3.05) is 13.1 Å². The second kappa shape index (κ2) is 6.07. The van der Waals surface area contributed by atoms with Crippen molar-refractivity contribution in [2.45, 2.75) is 57.8 Å². The average Bonchev–Trinajstić information content (AvgIpc) is 2.50. The van der Waals surface area contributed by atoms with Crippen LogP contribution in [0.2, 0.25) is 0 Å². The Bertz CT molecular complexity index is 452. The molecular weight excluding hydrogens is 260 g/mol. The summed E-state index contributed by atoms with van der Waals surface area (Å²) in [6.07, 6.45) is 3.22. The molecule has 2 N–H and O–H groups in total. The van der Waals surface area contributed by atoms with Crippen molar-refractivity contribution >= 4 is 0 Å². The molecule has 3 heteroatoms. The van der Waals surface area contributed by atoms with E-state index >= 15 is 0 Å². The molecular formula is C18H28N2O. The summed E-state index contributed by atoms with van der Waals surface area (Å²) < 4.78 is 0. The van der Waals surface area contributed by atoms with Crippen molar-refractivity contribution in [1.82, 2.24) is 10.2 Å². The lowest BCUT2D eigenvalue weighted by Crippen LogP contribution is -2.62. The molecule has 1 heterocycles. The lowest BCUT2D eigenvalue weighted by atomic mass is 9.64. The van der Waals surface area contributed by atoms with Crippen LogP contribution in [0.5, 0.6) is 0 Å². The lowest BCUT2D eigenvalue weighted by Gasteiger charge is -2.51. The van der Waals surface area contributed by atoms with Crippen molar-refractivity contribution in [3.63, 3.8) is 0 Å². The molecule has 1 saturated carbocycles. The van der Waals surface area contributed by atoms with E-state index in [1.807, 2.05) is 0 Å². The van der Waals surface area contributed by atoms with Gasteiger partial charge < -0.3 is 10.4 Å². The molecule has 3 rings (SSSR count). The van der Waals surface area contributed by atoms with E-state index in [1.54, 1.807) is 0 Å². The van der Waals surface area contributed by atoms with E-state index in [9.17, 15) is 5.11 Å². The maximum absolute atomic E-state index is 9.83. The first-order chi connectivity index (χ1) is 10.1. The molecule has 21 heavy (non-hydrogen) atoms. The SMILES string of the molecule is CC1(C)C(O)CC1NC1CCN(Cc2ccccc2)CC1. The predicted octanol–water partition coefficient (Wildman–Crippen LogP) is 2.40. The number of nitrogens with one attached hydrogen (secondary N) is 1. The number of hydrogen-bond acceptors (Lipinski definition) is 3. The highest BCUT2D eigenvalue weighted by Gasteiger charge is 2.47. The molecule has 3 nitrogen and oxygen atoms in total. The first-order valence-electron chi connectivity index (χ1n) is 8.26. The molecule has 116 valence electrons. The van der Waals surface area contributed by atoms with Gasteiger partial charge in [-0.2, -0.15) is 0 Å². The number of aliphatic hydroxyl groups is 1. The van der Waals surface area contributed by atoms with Gasteiger partial charge in [-0.05, 0) is 37.9 Å². The van der Waals surface area contributed by atoms with Crippen LogP contribution >= 0.6 is 0 Å². The van der Waals surface area contributed by atoms with Gasteiger partial charge in [0.1, 0.15) is 0 Å². The number of piperidine rings is 1. The lowest BCUT2D eigenvalue weighted by molar-refractivity contribution is -0.0778. The number of likely N-dealkylation sites (tertiary alicyclic amines) is 1. The first kappa shape index (κ1) is 15.0. The Morgan fingerprint density at radius 3 is 2.43 bits per heavy atom. The second-order valence-electron chi connectivity index (χ2n) is 7.33. The van der Waals surface area contributed by atoms with Crippen LogP contribution in [0, 0.1) is 5.41 Å². The summed E-state index contributed by atoms with van der Waals surface area (Å²) in [6, 6.07) is 11.8. The Morgan fingerprint density at radius 2 is 1.86 bits per heavy atom. The van der Waals surface area contributed by atoms with Crippen LogP contribution in [-0.2, 0) is 6.54 Å². The van der Waals surface area contributed by atoms with Crippen LogP contribution in [0.25, 0.3) is 0 Å². The minimum absolute atomic E-state index is 0.0428. The summed E-state index contributed by atoms with van der Waals surface area (Å²) in [5, 5.41) is 13.6. The van der Waals surface area contributed by atoms with Crippen LogP contribution in [0.4, 0.5) is 0 Å². The molecule has 1 aromatic carbocycles. The summed E-state index contributed by atoms with van der Waals surface area (Å²) in [5.41, 5.74) is 1.45. The highest BCUT2D eigenvalue weighted by Crippen LogP contribution is 2.41. The normalized spacial score (nSPS) is 30.0. The third kappa shape index (κ3) is 3.31. The van der Waals surface area contributed by atoms with E-state index < -0.39 is 0 Å². The minimum atomic E-state index is -0.131. The van der Waals surface area contributed by atoms with Gasteiger partial charge in [0.05, 0.1) is 6.10 Å². The molecule has 0 spiro atoms. The Balaban J connectivity index is 1.43. The second-order valence-corrected chi connectivity index (χ2v) is 7.33. The highest BCUT2D eigenvalue weighted by atomic mass is 16.3. The largest absolute Gasteiger partial charge is 0.392 e.